The van der Waals surface area contributed by atoms with Crippen LogP contribution >= 0.6 is 22.7 Å². The molecule has 0 saturated carbocycles. The molecule has 4 heteroatoms. The zero-order valence-electron chi connectivity index (χ0n) is 11.9. The molecule has 0 fully saturated rings. The number of aryl methyl sites for hydroxylation is 2. The largest absolute Gasteiger partial charge is 0.359 e. The van der Waals surface area contributed by atoms with E-state index in [2.05, 4.69) is 61.4 Å². The molecule has 3 aromatic rings. The fourth-order valence-electron chi connectivity index (χ4n) is 2.25. The maximum atomic E-state index is 4.65. The van der Waals surface area contributed by atoms with Crippen molar-refractivity contribution in [1.82, 2.24) is 4.98 Å². The smallest absolute Gasteiger partial charge is 0.184 e. The molecule has 2 nitrogen and oxygen atoms in total. The van der Waals surface area contributed by atoms with Gasteiger partial charge in [0.25, 0.3) is 0 Å². The third kappa shape index (κ3) is 3.02. The van der Waals surface area contributed by atoms with Crippen molar-refractivity contribution in [2.24, 2.45) is 0 Å². The summed E-state index contributed by atoms with van der Waals surface area (Å²) < 4.78 is 1.26. The zero-order chi connectivity index (χ0) is 14.1. The van der Waals surface area contributed by atoms with Crippen LogP contribution in [0.15, 0.2) is 30.3 Å². The molecule has 20 heavy (non-hydrogen) atoms. The number of hydrogen-bond acceptors (Lipinski definition) is 4. The number of hydrogen-bond donors (Lipinski definition) is 1. The Balaban J connectivity index is 1.72. The van der Waals surface area contributed by atoms with Crippen LogP contribution in [0.5, 0.6) is 0 Å². The summed E-state index contributed by atoms with van der Waals surface area (Å²) in [4.78, 5) is 7.46. The highest BCUT2D eigenvalue weighted by molar-refractivity contribution is 7.22. The first-order valence-corrected chi connectivity index (χ1v) is 8.42. The third-order valence-corrected chi connectivity index (χ3v) is 5.19. The van der Waals surface area contributed by atoms with Gasteiger partial charge in [0.15, 0.2) is 5.13 Å². The summed E-state index contributed by atoms with van der Waals surface area (Å²) in [5, 5.41) is 4.54. The highest BCUT2D eigenvalue weighted by Gasteiger charge is 2.09. The average molecular weight is 302 g/mol. The summed E-state index contributed by atoms with van der Waals surface area (Å²) >= 11 is 3.61. The molecule has 0 saturated heterocycles. The van der Waals surface area contributed by atoms with E-state index in [1.54, 1.807) is 11.3 Å². The molecule has 1 atom stereocenters. The summed E-state index contributed by atoms with van der Waals surface area (Å²) in [7, 11) is 0. The highest BCUT2D eigenvalue weighted by atomic mass is 32.1. The van der Waals surface area contributed by atoms with Gasteiger partial charge in [-0.1, -0.05) is 17.4 Å². The Kier molecular flexibility index (Phi) is 3.76. The van der Waals surface area contributed by atoms with E-state index in [0.29, 0.717) is 6.04 Å². The second-order valence-corrected chi connectivity index (χ2v) is 7.66. The van der Waals surface area contributed by atoms with Crippen molar-refractivity contribution in [2.45, 2.75) is 33.2 Å². The molecule has 0 aliphatic heterocycles. The minimum atomic E-state index is 0.398. The molecule has 0 bridgehead atoms. The van der Waals surface area contributed by atoms with Crippen molar-refractivity contribution >= 4 is 38.0 Å². The van der Waals surface area contributed by atoms with Crippen LogP contribution in [-0.2, 0) is 6.42 Å². The fourth-order valence-corrected chi connectivity index (χ4v) is 4.35. The summed E-state index contributed by atoms with van der Waals surface area (Å²) in [6.45, 7) is 6.49. The monoisotopic (exact) mass is 302 g/mol. The maximum Gasteiger partial charge on any atom is 0.184 e. The number of rotatable bonds is 4. The van der Waals surface area contributed by atoms with Crippen LogP contribution < -0.4 is 5.32 Å². The lowest BCUT2D eigenvalue weighted by Crippen LogP contribution is -2.17. The van der Waals surface area contributed by atoms with E-state index in [9.17, 15) is 0 Å². The van der Waals surface area contributed by atoms with Crippen LogP contribution in [-0.4, -0.2) is 11.0 Å². The summed E-state index contributed by atoms with van der Waals surface area (Å²) in [6, 6.07) is 11.2. The molecule has 1 N–H and O–H groups in total. The lowest BCUT2D eigenvalue weighted by molar-refractivity contribution is 0.799. The van der Waals surface area contributed by atoms with Gasteiger partial charge < -0.3 is 5.32 Å². The lowest BCUT2D eigenvalue weighted by atomic mass is 10.2. The third-order valence-electron chi connectivity index (χ3n) is 3.22. The quantitative estimate of drug-likeness (QED) is 0.732. The minimum Gasteiger partial charge on any atom is -0.359 e. The van der Waals surface area contributed by atoms with Crippen LogP contribution in [0.2, 0.25) is 0 Å². The second-order valence-electron chi connectivity index (χ2n) is 5.25. The van der Waals surface area contributed by atoms with Gasteiger partial charge in [-0.3, -0.25) is 0 Å². The first kappa shape index (κ1) is 13.6. The van der Waals surface area contributed by atoms with Crippen molar-refractivity contribution < 1.29 is 0 Å². The zero-order valence-corrected chi connectivity index (χ0v) is 13.6. The molecule has 104 valence electrons. The number of fused-ring (bicyclic) bond motifs is 1. The van der Waals surface area contributed by atoms with Gasteiger partial charge in [0.2, 0.25) is 0 Å². The normalized spacial score (nSPS) is 12.8. The maximum absolute atomic E-state index is 4.65. The first-order valence-electron chi connectivity index (χ1n) is 6.79. The SMILES string of the molecule is Cc1ccc2nc(NC(C)Cc3ccc(C)s3)sc2c1. The van der Waals surface area contributed by atoms with Gasteiger partial charge in [-0.05, 0) is 50.6 Å². The fraction of sp³-hybridized carbons (Fsp3) is 0.312. The van der Waals surface area contributed by atoms with Crippen molar-refractivity contribution in [3.63, 3.8) is 0 Å². The van der Waals surface area contributed by atoms with Gasteiger partial charge in [-0.2, -0.15) is 0 Å². The van der Waals surface area contributed by atoms with Crippen LogP contribution in [0.4, 0.5) is 5.13 Å². The number of anilines is 1. The van der Waals surface area contributed by atoms with Gasteiger partial charge in [-0.15, -0.1) is 11.3 Å². The topological polar surface area (TPSA) is 24.9 Å². The van der Waals surface area contributed by atoms with E-state index in [4.69, 9.17) is 0 Å². The minimum absolute atomic E-state index is 0.398. The molecule has 0 amide bonds. The van der Waals surface area contributed by atoms with Crippen molar-refractivity contribution in [3.8, 4) is 0 Å². The molecule has 2 heterocycles. The van der Waals surface area contributed by atoms with Crippen molar-refractivity contribution in [2.75, 3.05) is 5.32 Å². The molecule has 3 rings (SSSR count). The lowest BCUT2D eigenvalue weighted by Gasteiger charge is -2.11. The molecule has 1 aromatic carbocycles. The number of thiazole rings is 1. The van der Waals surface area contributed by atoms with E-state index in [-0.39, 0.29) is 0 Å². The van der Waals surface area contributed by atoms with Gasteiger partial charge >= 0.3 is 0 Å². The molecule has 0 aliphatic carbocycles. The number of benzene rings is 1. The second kappa shape index (κ2) is 5.54. The van der Waals surface area contributed by atoms with E-state index in [1.807, 2.05) is 11.3 Å². The Hall–Kier alpha value is -1.39. The van der Waals surface area contributed by atoms with Gasteiger partial charge in [0.05, 0.1) is 10.2 Å². The van der Waals surface area contributed by atoms with Crippen molar-refractivity contribution in [3.05, 3.63) is 45.6 Å². The predicted molar refractivity (Wildman–Crippen MR) is 90.2 cm³/mol. The number of thiophene rings is 1. The van der Waals surface area contributed by atoms with Crippen LogP contribution in [0, 0.1) is 13.8 Å². The van der Waals surface area contributed by atoms with Crippen LogP contribution in [0.1, 0.15) is 22.2 Å². The molecular weight excluding hydrogens is 284 g/mol. The molecule has 0 radical (unpaired) electrons. The Morgan fingerprint density at radius 2 is 2.00 bits per heavy atom. The highest BCUT2D eigenvalue weighted by Crippen LogP contribution is 2.27. The van der Waals surface area contributed by atoms with Gasteiger partial charge in [0, 0.05) is 22.2 Å². The standard InChI is InChI=1S/C16H18N2S2/c1-10-4-7-14-15(8-10)20-16(18-14)17-11(2)9-13-6-5-12(3)19-13/h4-8,11H,9H2,1-3H3,(H,17,18). The van der Waals surface area contributed by atoms with Crippen LogP contribution in [0.3, 0.4) is 0 Å². The van der Waals surface area contributed by atoms with E-state index < -0.39 is 0 Å². The summed E-state index contributed by atoms with van der Waals surface area (Å²) in [5.41, 5.74) is 2.37. The van der Waals surface area contributed by atoms with E-state index in [1.165, 1.54) is 20.0 Å². The molecule has 2 aromatic heterocycles. The number of nitrogens with one attached hydrogen (secondary N) is 1. The van der Waals surface area contributed by atoms with Gasteiger partial charge in [-0.25, -0.2) is 4.98 Å². The van der Waals surface area contributed by atoms with Crippen molar-refractivity contribution in [1.29, 1.82) is 0 Å². The Bertz CT molecular complexity index is 727. The molecular formula is C16H18N2S2. The van der Waals surface area contributed by atoms with Gasteiger partial charge in [0.1, 0.15) is 0 Å². The molecule has 1 unspecified atom stereocenters. The van der Waals surface area contributed by atoms with E-state index in [0.717, 1.165) is 17.1 Å². The Labute approximate surface area is 127 Å². The Morgan fingerprint density at radius 3 is 2.75 bits per heavy atom. The first-order chi connectivity index (χ1) is 9.60. The average Bonchev–Trinajstić information content (AvgIpc) is 2.94. The van der Waals surface area contributed by atoms with Crippen LogP contribution in [0.25, 0.3) is 10.2 Å². The number of nitrogens with zero attached hydrogens (tertiary/aromatic N) is 1. The van der Waals surface area contributed by atoms with E-state index >= 15 is 0 Å². The Morgan fingerprint density at radius 1 is 1.15 bits per heavy atom. The summed E-state index contributed by atoms with van der Waals surface area (Å²) in [5.74, 6) is 0. The summed E-state index contributed by atoms with van der Waals surface area (Å²) in [6.07, 6.45) is 1.05. The number of aromatic nitrogens is 1. The predicted octanol–water partition coefficient (Wildman–Crippen LogP) is 5.02. The molecule has 0 aliphatic rings. The molecule has 0 spiro atoms.